The standard InChI is InChI=1S/C27H28FN5O/c1-18-9-10-22(19(2)14-18)24-15-25-26(29-11-13-33(25)31-24)32-12-5-7-21(17-32)27(34)30-16-20-6-3-4-8-23(20)28/h3-4,6,8-11,13-15,21H,5,7,12,16-17H2,1-2H3,(H,30,34). The van der Waals surface area contributed by atoms with E-state index in [2.05, 4.69) is 53.3 Å². The molecule has 34 heavy (non-hydrogen) atoms. The summed E-state index contributed by atoms with van der Waals surface area (Å²) in [5.41, 5.74) is 5.83. The van der Waals surface area contributed by atoms with Crippen LogP contribution in [0.2, 0.25) is 0 Å². The summed E-state index contributed by atoms with van der Waals surface area (Å²) in [4.78, 5) is 19.7. The molecule has 7 heteroatoms. The number of fused-ring (bicyclic) bond motifs is 1. The topological polar surface area (TPSA) is 62.5 Å². The number of amides is 1. The lowest BCUT2D eigenvalue weighted by atomic mass is 9.97. The van der Waals surface area contributed by atoms with E-state index in [-0.39, 0.29) is 24.2 Å². The molecule has 174 valence electrons. The number of anilines is 1. The van der Waals surface area contributed by atoms with Crippen molar-refractivity contribution in [2.75, 3.05) is 18.0 Å². The van der Waals surface area contributed by atoms with Crippen LogP contribution in [0.5, 0.6) is 0 Å². The average molecular weight is 458 g/mol. The minimum Gasteiger partial charge on any atom is -0.354 e. The maximum atomic E-state index is 13.9. The highest BCUT2D eigenvalue weighted by atomic mass is 19.1. The number of aryl methyl sites for hydroxylation is 2. The van der Waals surface area contributed by atoms with Crippen molar-refractivity contribution in [1.29, 1.82) is 0 Å². The van der Waals surface area contributed by atoms with Gasteiger partial charge >= 0.3 is 0 Å². The second-order valence-corrected chi connectivity index (χ2v) is 9.02. The molecule has 1 atom stereocenters. The number of aromatic nitrogens is 3. The fourth-order valence-corrected chi connectivity index (χ4v) is 4.74. The number of rotatable bonds is 5. The lowest BCUT2D eigenvalue weighted by Crippen LogP contribution is -2.43. The van der Waals surface area contributed by atoms with E-state index in [9.17, 15) is 9.18 Å². The molecule has 1 aliphatic heterocycles. The first kappa shape index (κ1) is 22.1. The zero-order valence-electron chi connectivity index (χ0n) is 19.5. The Kier molecular flexibility index (Phi) is 6.01. The number of carbonyl (C=O) groups is 1. The molecule has 0 spiro atoms. The normalized spacial score (nSPS) is 16.1. The van der Waals surface area contributed by atoms with E-state index in [4.69, 9.17) is 5.10 Å². The van der Waals surface area contributed by atoms with Gasteiger partial charge in [0.15, 0.2) is 5.82 Å². The minimum absolute atomic E-state index is 0.0515. The molecule has 4 aromatic rings. The van der Waals surface area contributed by atoms with Crippen molar-refractivity contribution >= 4 is 17.2 Å². The number of carbonyl (C=O) groups excluding carboxylic acids is 1. The number of nitrogens with one attached hydrogen (secondary N) is 1. The zero-order chi connectivity index (χ0) is 23.7. The molecule has 1 N–H and O–H groups in total. The van der Waals surface area contributed by atoms with Gasteiger partial charge in [0.2, 0.25) is 5.91 Å². The van der Waals surface area contributed by atoms with Gasteiger partial charge in [0, 0.05) is 43.2 Å². The average Bonchev–Trinajstić information content (AvgIpc) is 3.27. The number of hydrogen-bond donors (Lipinski definition) is 1. The quantitative estimate of drug-likeness (QED) is 0.473. The van der Waals surface area contributed by atoms with Crippen LogP contribution in [0.15, 0.2) is 60.9 Å². The highest BCUT2D eigenvalue weighted by Crippen LogP contribution is 2.30. The summed E-state index contributed by atoms with van der Waals surface area (Å²) in [5.74, 6) is 0.301. The van der Waals surface area contributed by atoms with Crippen molar-refractivity contribution in [3.63, 3.8) is 0 Å². The van der Waals surface area contributed by atoms with Gasteiger partial charge in [0.1, 0.15) is 11.3 Å². The predicted octanol–water partition coefficient (Wildman–Crippen LogP) is 4.69. The predicted molar refractivity (Wildman–Crippen MR) is 131 cm³/mol. The van der Waals surface area contributed by atoms with Crippen molar-refractivity contribution in [2.24, 2.45) is 5.92 Å². The van der Waals surface area contributed by atoms with Gasteiger partial charge in [-0.25, -0.2) is 13.9 Å². The third-order valence-electron chi connectivity index (χ3n) is 6.53. The van der Waals surface area contributed by atoms with Crippen molar-refractivity contribution in [1.82, 2.24) is 19.9 Å². The SMILES string of the molecule is Cc1ccc(-c2cc3c(N4CCCC(C(=O)NCc5ccccc5F)C4)nccn3n2)c(C)c1. The van der Waals surface area contributed by atoms with Gasteiger partial charge < -0.3 is 10.2 Å². The first-order valence-corrected chi connectivity index (χ1v) is 11.7. The first-order chi connectivity index (χ1) is 16.5. The molecular weight excluding hydrogens is 429 g/mol. The smallest absolute Gasteiger partial charge is 0.225 e. The van der Waals surface area contributed by atoms with E-state index >= 15 is 0 Å². The fourth-order valence-electron chi connectivity index (χ4n) is 4.74. The number of benzene rings is 2. The van der Waals surface area contributed by atoms with Crippen LogP contribution in [0.1, 0.15) is 29.5 Å². The van der Waals surface area contributed by atoms with Crippen LogP contribution in [-0.2, 0) is 11.3 Å². The maximum Gasteiger partial charge on any atom is 0.225 e. The van der Waals surface area contributed by atoms with E-state index < -0.39 is 0 Å². The Labute approximate surface area is 198 Å². The summed E-state index contributed by atoms with van der Waals surface area (Å²) >= 11 is 0. The maximum absolute atomic E-state index is 13.9. The Morgan fingerprint density at radius 3 is 2.85 bits per heavy atom. The second kappa shape index (κ2) is 9.25. The molecule has 2 aromatic carbocycles. The Hall–Kier alpha value is -3.74. The molecule has 5 rings (SSSR count). The molecule has 0 bridgehead atoms. The van der Waals surface area contributed by atoms with Crippen LogP contribution in [-0.4, -0.2) is 33.6 Å². The van der Waals surface area contributed by atoms with Crippen LogP contribution < -0.4 is 10.2 Å². The number of hydrogen-bond acceptors (Lipinski definition) is 4. The Morgan fingerprint density at radius 2 is 2.03 bits per heavy atom. The molecule has 0 radical (unpaired) electrons. The Morgan fingerprint density at radius 1 is 1.18 bits per heavy atom. The van der Waals surface area contributed by atoms with E-state index in [0.29, 0.717) is 12.1 Å². The van der Waals surface area contributed by atoms with Crippen molar-refractivity contribution in [3.05, 3.63) is 83.4 Å². The minimum atomic E-state index is -0.302. The van der Waals surface area contributed by atoms with Crippen LogP contribution in [0, 0.1) is 25.6 Å². The molecular formula is C27H28FN5O. The van der Waals surface area contributed by atoms with E-state index in [0.717, 1.165) is 42.0 Å². The summed E-state index contributed by atoms with van der Waals surface area (Å²) < 4.78 is 15.8. The number of nitrogens with zero attached hydrogens (tertiary/aromatic N) is 4. The first-order valence-electron chi connectivity index (χ1n) is 11.7. The molecule has 1 unspecified atom stereocenters. The molecule has 0 aliphatic carbocycles. The van der Waals surface area contributed by atoms with E-state index in [1.165, 1.54) is 17.2 Å². The van der Waals surface area contributed by atoms with E-state index in [1.54, 1.807) is 24.4 Å². The molecule has 0 saturated carbocycles. The third kappa shape index (κ3) is 4.38. The lowest BCUT2D eigenvalue weighted by Gasteiger charge is -2.33. The summed E-state index contributed by atoms with van der Waals surface area (Å²) in [6.07, 6.45) is 5.30. The molecule has 6 nitrogen and oxygen atoms in total. The monoisotopic (exact) mass is 457 g/mol. The summed E-state index contributed by atoms with van der Waals surface area (Å²) in [7, 11) is 0. The summed E-state index contributed by atoms with van der Waals surface area (Å²) in [6.45, 7) is 5.77. The van der Waals surface area contributed by atoms with Gasteiger partial charge in [0.25, 0.3) is 0 Å². The van der Waals surface area contributed by atoms with Gasteiger partial charge in [-0.3, -0.25) is 4.79 Å². The number of piperidine rings is 1. The van der Waals surface area contributed by atoms with Crippen LogP contribution >= 0.6 is 0 Å². The highest BCUT2D eigenvalue weighted by Gasteiger charge is 2.28. The second-order valence-electron chi connectivity index (χ2n) is 9.02. The zero-order valence-corrected chi connectivity index (χ0v) is 19.5. The largest absolute Gasteiger partial charge is 0.354 e. The molecule has 1 amide bonds. The molecule has 1 fully saturated rings. The van der Waals surface area contributed by atoms with Gasteiger partial charge in [-0.1, -0.05) is 42.0 Å². The summed E-state index contributed by atoms with van der Waals surface area (Å²) in [5, 5.41) is 7.70. The van der Waals surface area contributed by atoms with Gasteiger partial charge in [-0.15, -0.1) is 0 Å². The van der Waals surface area contributed by atoms with Gasteiger partial charge in [0.05, 0.1) is 11.6 Å². The molecule has 3 heterocycles. The summed E-state index contributed by atoms with van der Waals surface area (Å²) in [6, 6.07) is 15.0. The fraction of sp³-hybridized carbons (Fsp3) is 0.296. The third-order valence-corrected chi connectivity index (χ3v) is 6.53. The Bertz CT molecular complexity index is 1350. The lowest BCUT2D eigenvalue weighted by molar-refractivity contribution is -0.125. The molecule has 2 aromatic heterocycles. The van der Waals surface area contributed by atoms with Crippen LogP contribution in [0.3, 0.4) is 0 Å². The van der Waals surface area contributed by atoms with Crippen molar-refractivity contribution < 1.29 is 9.18 Å². The van der Waals surface area contributed by atoms with Crippen molar-refractivity contribution in [3.8, 4) is 11.3 Å². The molecule has 1 aliphatic rings. The van der Waals surface area contributed by atoms with E-state index in [1.807, 2.05) is 10.7 Å². The highest BCUT2D eigenvalue weighted by molar-refractivity contribution is 5.81. The Balaban J connectivity index is 1.35. The van der Waals surface area contributed by atoms with Crippen LogP contribution in [0.4, 0.5) is 10.2 Å². The van der Waals surface area contributed by atoms with Crippen molar-refractivity contribution in [2.45, 2.75) is 33.2 Å². The van der Waals surface area contributed by atoms with Gasteiger partial charge in [-0.2, -0.15) is 5.10 Å². The van der Waals surface area contributed by atoms with Crippen LogP contribution in [0.25, 0.3) is 16.8 Å². The number of halogens is 1. The molecule has 1 saturated heterocycles. The van der Waals surface area contributed by atoms with Gasteiger partial charge in [-0.05, 0) is 44.4 Å².